The molecule has 1 aromatic heterocycles. The van der Waals surface area contributed by atoms with E-state index in [-0.39, 0.29) is 5.56 Å². The smallest absolute Gasteiger partial charge is 0.155 e. The molecule has 0 unspecified atom stereocenters. The van der Waals surface area contributed by atoms with Crippen LogP contribution in [0.4, 0.5) is 10.1 Å². The molecule has 1 aliphatic heterocycles. The molecule has 0 aromatic carbocycles. The SMILES string of the molecule is O=Cc1c(F)cncc1N1CCOCC1. The number of hydrogen-bond donors (Lipinski definition) is 0. The standard InChI is InChI=1S/C10H11FN2O2/c11-9-5-12-6-10(8(9)7-14)13-1-3-15-4-2-13/h5-7H,1-4H2. The number of aromatic nitrogens is 1. The first-order chi connectivity index (χ1) is 7.33. The summed E-state index contributed by atoms with van der Waals surface area (Å²) in [4.78, 5) is 16.4. The van der Waals surface area contributed by atoms with Crippen LogP contribution < -0.4 is 4.90 Å². The molecule has 0 spiro atoms. The summed E-state index contributed by atoms with van der Waals surface area (Å²) in [5, 5.41) is 0. The van der Waals surface area contributed by atoms with Crippen LogP contribution in [0.15, 0.2) is 12.4 Å². The molecule has 0 bridgehead atoms. The van der Waals surface area contributed by atoms with Gasteiger partial charge in [-0.1, -0.05) is 0 Å². The summed E-state index contributed by atoms with van der Waals surface area (Å²) in [5.74, 6) is -0.575. The Balaban J connectivity index is 2.33. The highest BCUT2D eigenvalue weighted by Gasteiger charge is 2.17. The lowest BCUT2D eigenvalue weighted by atomic mass is 10.2. The van der Waals surface area contributed by atoms with Crippen LogP contribution in [0.1, 0.15) is 10.4 Å². The Morgan fingerprint density at radius 3 is 2.80 bits per heavy atom. The van der Waals surface area contributed by atoms with Crippen molar-refractivity contribution in [1.82, 2.24) is 4.98 Å². The number of pyridine rings is 1. The highest BCUT2D eigenvalue weighted by atomic mass is 19.1. The minimum Gasteiger partial charge on any atom is -0.378 e. The Bertz CT molecular complexity index is 364. The summed E-state index contributed by atoms with van der Waals surface area (Å²) in [6, 6.07) is 0. The van der Waals surface area contributed by atoms with Gasteiger partial charge in [-0.05, 0) is 0 Å². The maximum Gasteiger partial charge on any atom is 0.155 e. The molecule has 0 N–H and O–H groups in total. The second-order valence-corrected chi connectivity index (χ2v) is 3.27. The Kier molecular flexibility index (Phi) is 2.91. The van der Waals surface area contributed by atoms with Crippen molar-refractivity contribution in [2.45, 2.75) is 0 Å². The van der Waals surface area contributed by atoms with Crippen molar-refractivity contribution < 1.29 is 13.9 Å². The summed E-state index contributed by atoms with van der Waals surface area (Å²) in [6.45, 7) is 2.50. The van der Waals surface area contributed by atoms with Gasteiger partial charge in [-0.15, -0.1) is 0 Å². The Hall–Kier alpha value is -1.49. The van der Waals surface area contributed by atoms with E-state index in [0.717, 1.165) is 6.20 Å². The van der Waals surface area contributed by atoms with Gasteiger partial charge in [0, 0.05) is 13.1 Å². The number of carbonyl (C=O) groups excluding carboxylic acids is 1. The van der Waals surface area contributed by atoms with Gasteiger partial charge in [0.1, 0.15) is 0 Å². The minimum absolute atomic E-state index is 0.0758. The molecule has 1 saturated heterocycles. The van der Waals surface area contributed by atoms with E-state index in [1.807, 2.05) is 4.90 Å². The van der Waals surface area contributed by atoms with Gasteiger partial charge < -0.3 is 9.64 Å². The zero-order valence-electron chi connectivity index (χ0n) is 8.15. The van der Waals surface area contributed by atoms with Crippen molar-refractivity contribution in [3.63, 3.8) is 0 Å². The van der Waals surface area contributed by atoms with E-state index in [9.17, 15) is 9.18 Å². The maximum atomic E-state index is 13.3. The molecule has 0 saturated carbocycles. The fraction of sp³-hybridized carbons (Fsp3) is 0.400. The van der Waals surface area contributed by atoms with E-state index in [2.05, 4.69) is 4.98 Å². The number of hydrogen-bond acceptors (Lipinski definition) is 4. The highest BCUT2D eigenvalue weighted by Crippen LogP contribution is 2.20. The number of morpholine rings is 1. The fourth-order valence-electron chi connectivity index (χ4n) is 1.61. The van der Waals surface area contributed by atoms with Gasteiger partial charge in [0.25, 0.3) is 0 Å². The molecule has 0 radical (unpaired) electrons. The summed E-state index contributed by atoms with van der Waals surface area (Å²) >= 11 is 0. The molecule has 1 aromatic rings. The lowest BCUT2D eigenvalue weighted by molar-refractivity contribution is 0.111. The molecule has 0 amide bonds. The molecule has 15 heavy (non-hydrogen) atoms. The predicted octanol–water partition coefficient (Wildman–Crippen LogP) is 0.870. The molecular formula is C10H11FN2O2. The molecule has 4 nitrogen and oxygen atoms in total. The van der Waals surface area contributed by atoms with Gasteiger partial charge in [0.15, 0.2) is 12.1 Å². The molecule has 2 heterocycles. The monoisotopic (exact) mass is 210 g/mol. The van der Waals surface area contributed by atoms with Gasteiger partial charge in [0.2, 0.25) is 0 Å². The number of carbonyl (C=O) groups is 1. The van der Waals surface area contributed by atoms with Gasteiger partial charge in [0.05, 0.1) is 36.9 Å². The van der Waals surface area contributed by atoms with Crippen molar-refractivity contribution in [2.24, 2.45) is 0 Å². The molecule has 1 fully saturated rings. The number of aldehydes is 1. The van der Waals surface area contributed by atoms with E-state index in [0.29, 0.717) is 38.3 Å². The summed E-state index contributed by atoms with van der Waals surface area (Å²) in [6.07, 6.45) is 3.09. The number of rotatable bonds is 2. The topological polar surface area (TPSA) is 42.4 Å². The Labute approximate surface area is 86.7 Å². The Morgan fingerprint density at radius 2 is 2.13 bits per heavy atom. The average molecular weight is 210 g/mol. The maximum absolute atomic E-state index is 13.3. The van der Waals surface area contributed by atoms with Crippen LogP contribution in [0.3, 0.4) is 0 Å². The number of ether oxygens (including phenoxy) is 1. The van der Waals surface area contributed by atoms with Gasteiger partial charge >= 0.3 is 0 Å². The lowest BCUT2D eigenvalue weighted by Gasteiger charge is -2.29. The Morgan fingerprint density at radius 1 is 1.40 bits per heavy atom. The number of halogens is 1. The van der Waals surface area contributed by atoms with Crippen molar-refractivity contribution in [2.75, 3.05) is 31.2 Å². The van der Waals surface area contributed by atoms with E-state index < -0.39 is 5.82 Å². The van der Waals surface area contributed by atoms with Crippen molar-refractivity contribution >= 4 is 12.0 Å². The second kappa shape index (κ2) is 4.35. The summed E-state index contributed by atoms with van der Waals surface area (Å²) in [5.41, 5.74) is 0.625. The summed E-state index contributed by atoms with van der Waals surface area (Å²) in [7, 11) is 0. The lowest BCUT2D eigenvalue weighted by Crippen LogP contribution is -2.37. The van der Waals surface area contributed by atoms with Crippen LogP contribution in [-0.4, -0.2) is 37.6 Å². The normalized spacial score (nSPS) is 16.5. The molecule has 5 heteroatoms. The molecule has 0 atom stereocenters. The van der Waals surface area contributed by atoms with E-state index in [4.69, 9.17) is 4.74 Å². The third-order valence-electron chi connectivity index (χ3n) is 2.39. The molecule has 0 aliphatic carbocycles. The van der Waals surface area contributed by atoms with E-state index in [1.165, 1.54) is 6.20 Å². The van der Waals surface area contributed by atoms with Gasteiger partial charge in [-0.2, -0.15) is 0 Å². The first kappa shape index (κ1) is 10.0. The molecule has 2 rings (SSSR count). The predicted molar refractivity (Wildman–Crippen MR) is 52.6 cm³/mol. The third-order valence-corrected chi connectivity index (χ3v) is 2.39. The summed E-state index contributed by atoms with van der Waals surface area (Å²) < 4.78 is 18.4. The van der Waals surface area contributed by atoms with Crippen LogP contribution >= 0.6 is 0 Å². The first-order valence-electron chi connectivity index (χ1n) is 4.74. The van der Waals surface area contributed by atoms with Crippen LogP contribution in [0.5, 0.6) is 0 Å². The highest BCUT2D eigenvalue weighted by molar-refractivity contribution is 5.84. The average Bonchev–Trinajstić information content (AvgIpc) is 2.30. The van der Waals surface area contributed by atoms with Gasteiger partial charge in [-0.25, -0.2) is 4.39 Å². The number of anilines is 1. The van der Waals surface area contributed by atoms with Crippen molar-refractivity contribution in [3.8, 4) is 0 Å². The molecule has 1 aliphatic rings. The quantitative estimate of drug-likeness (QED) is 0.679. The third kappa shape index (κ3) is 1.97. The van der Waals surface area contributed by atoms with Gasteiger partial charge in [-0.3, -0.25) is 9.78 Å². The van der Waals surface area contributed by atoms with Crippen molar-refractivity contribution in [3.05, 3.63) is 23.8 Å². The number of nitrogens with zero attached hydrogens (tertiary/aromatic N) is 2. The van der Waals surface area contributed by atoms with E-state index in [1.54, 1.807) is 0 Å². The second-order valence-electron chi connectivity index (χ2n) is 3.27. The molecule has 80 valence electrons. The zero-order valence-corrected chi connectivity index (χ0v) is 8.15. The van der Waals surface area contributed by atoms with Crippen LogP contribution in [0.2, 0.25) is 0 Å². The van der Waals surface area contributed by atoms with Crippen LogP contribution in [0.25, 0.3) is 0 Å². The van der Waals surface area contributed by atoms with Crippen LogP contribution in [0, 0.1) is 5.82 Å². The minimum atomic E-state index is -0.575. The fourth-order valence-corrected chi connectivity index (χ4v) is 1.61. The van der Waals surface area contributed by atoms with Crippen LogP contribution in [-0.2, 0) is 4.74 Å². The molecular weight excluding hydrogens is 199 g/mol. The van der Waals surface area contributed by atoms with E-state index >= 15 is 0 Å². The van der Waals surface area contributed by atoms with Crippen molar-refractivity contribution in [1.29, 1.82) is 0 Å². The largest absolute Gasteiger partial charge is 0.378 e. The first-order valence-corrected chi connectivity index (χ1v) is 4.74. The zero-order chi connectivity index (χ0) is 10.7.